The van der Waals surface area contributed by atoms with Crippen molar-refractivity contribution in [3.63, 3.8) is 0 Å². The molecule has 1 heterocycles. The lowest BCUT2D eigenvalue weighted by molar-refractivity contribution is -0.119. The largest absolute Gasteiger partial charge is 0.318 e. The molecule has 0 aliphatic rings. The van der Waals surface area contributed by atoms with Gasteiger partial charge in [-0.05, 0) is 56.3 Å². The van der Waals surface area contributed by atoms with Crippen LogP contribution in [0.5, 0.6) is 0 Å². The molecule has 0 saturated carbocycles. The minimum Gasteiger partial charge on any atom is -0.318 e. The number of rotatable bonds is 7. The van der Waals surface area contributed by atoms with Gasteiger partial charge in [0.25, 0.3) is 5.91 Å². The van der Waals surface area contributed by atoms with Crippen LogP contribution in [0.1, 0.15) is 17.0 Å². The number of nitrogens with one attached hydrogen (secondary N) is 1. The van der Waals surface area contributed by atoms with Gasteiger partial charge in [-0.1, -0.05) is 23.7 Å². The molecule has 0 unspecified atom stereocenters. The molecule has 1 aromatic heterocycles. The Bertz CT molecular complexity index is 1270. The van der Waals surface area contributed by atoms with Gasteiger partial charge in [0.05, 0.1) is 18.2 Å². The van der Waals surface area contributed by atoms with Gasteiger partial charge in [-0.25, -0.2) is 18.2 Å². The van der Waals surface area contributed by atoms with E-state index in [1.54, 1.807) is 12.1 Å². The summed E-state index contributed by atoms with van der Waals surface area (Å²) >= 11 is 5.96. The van der Waals surface area contributed by atoms with Crippen molar-refractivity contribution in [2.45, 2.75) is 13.8 Å². The van der Waals surface area contributed by atoms with Gasteiger partial charge in [-0.15, -0.1) is 0 Å². The minimum atomic E-state index is -3.89. The topological polar surface area (TPSA) is 83.8 Å². The highest BCUT2D eigenvalue weighted by Crippen LogP contribution is 2.22. The van der Waals surface area contributed by atoms with Gasteiger partial charge < -0.3 is 4.57 Å². The van der Waals surface area contributed by atoms with E-state index >= 15 is 0 Å². The first-order chi connectivity index (χ1) is 15.1. The molecule has 0 radical (unpaired) electrons. The van der Waals surface area contributed by atoms with Crippen molar-refractivity contribution in [1.29, 1.82) is 0 Å². The molecule has 168 valence electrons. The fourth-order valence-electron chi connectivity index (χ4n) is 3.28. The number of halogens is 2. The van der Waals surface area contributed by atoms with Crippen molar-refractivity contribution >= 4 is 39.4 Å². The molecular formula is C22H22ClFN4O3S. The predicted molar refractivity (Wildman–Crippen MR) is 125 cm³/mol. The number of sulfonamides is 1. The summed E-state index contributed by atoms with van der Waals surface area (Å²) in [5, 5.41) is 4.58. The van der Waals surface area contributed by atoms with Gasteiger partial charge >= 0.3 is 0 Å². The van der Waals surface area contributed by atoms with Crippen LogP contribution in [-0.4, -0.2) is 37.9 Å². The number of hydrogen-bond donors (Lipinski definition) is 1. The lowest BCUT2D eigenvalue weighted by atomic mass is 10.2. The van der Waals surface area contributed by atoms with Crippen molar-refractivity contribution in [2.75, 3.05) is 17.1 Å². The average Bonchev–Trinajstić information content (AvgIpc) is 3.00. The first-order valence-corrected chi connectivity index (χ1v) is 11.8. The Morgan fingerprint density at radius 2 is 1.84 bits per heavy atom. The van der Waals surface area contributed by atoms with E-state index in [1.807, 2.05) is 36.6 Å². The Kier molecular flexibility index (Phi) is 7.00. The number of carbonyl (C=O) groups is 1. The van der Waals surface area contributed by atoms with Gasteiger partial charge in [-0.3, -0.25) is 9.10 Å². The second kappa shape index (κ2) is 9.54. The van der Waals surface area contributed by atoms with E-state index in [1.165, 1.54) is 24.4 Å². The van der Waals surface area contributed by atoms with Crippen molar-refractivity contribution in [3.8, 4) is 5.69 Å². The van der Waals surface area contributed by atoms with E-state index < -0.39 is 28.3 Å². The number of para-hydroxylation sites is 1. The zero-order chi connectivity index (χ0) is 23.5. The van der Waals surface area contributed by atoms with Crippen molar-refractivity contribution < 1.29 is 17.6 Å². The average molecular weight is 477 g/mol. The highest BCUT2D eigenvalue weighted by atomic mass is 35.5. The normalized spacial score (nSPS) is 11.7. The smallest absolute Gasteiger partial charge is 0.260 e. The van der Waals surface area contributed by atoms with Crippen molar-refractivity contribution in [3.05, 3.63) is 82.4 Å². The number of hydrogen-bond acceptors (Lipinski definition) is 4. The first-order valence-electron chi connectivity index (χ1n) is 9.57. The molecule has 0 aliphatic heterocycles. The monoisotopic (exact) mass is 476 g/mol. The van der Waals surface area contributed by atoms with Crippen molar-refractivity contribution in [1.82, 2.24) is 9.99 Å². The maximum atomic E-state index is 14.1. The summed E-state index contributed by atoms with van der Waals surface area (Å²) in [7, 11) is -3.89. The van der Waals surface area contributed by atoms with Crippen LogP contribution < -0.4 is 9.73 Å². The summed E-state index contributed by atoms with van der Waals surface area (Å²) in [6, 6.07) is 14.6. The summed E-state index contributed by atoms with van der Waals surface area (Å²) in [5.41, 5.74) is 5.65. The standard InChI is InChI=1S/C22H22ClFN4O3S/c1-15-12-17(16(2)28(15)19-10-8-18(23)9-11-19)13-25-26-22(29)14-27(32(3,30)31)21-7-5-4-6-20(21)24/h4-13H,14H2,1-3H3,(H,26,29)/b25-13-. The molecule has 10 heteroatoms. The van der Waals surface area contributed by atoms with E-state index in [0.29, 0.717) is 9.33 Å². The summed E-state index contributed by atoms with van der Waals surface area (Å²) in [6.45, 7) is 3.24. The highest BCUT2D eigenvalue weighted by Gasteiger charge is 2.23. The minimum absolute atomic E-state index is 0.208. The van der Waals surface area contributed by atoms with Crippen LogP contribution in [-0.2, 0) is 14.8 Å². The molecule has 2 aromatic carbocycles. The highest BCUT2D eigenvalue weighted by molar-refractivity contribution is 7.92. The Morgan fingerprint density at radius 3 is 2.47 bits per heavy atom. The van der Waals surface area contributed by atoms with Crippen molar-refractivity contribution in [2.24, 2.45) is 5.10 Å². The lowest BCUT2D eigenvalue weighted by Crippen LogP contribution is -2.39. The van der Waals surface area contributed by atoms with E-state index in [0.717, 1.165) is 35.0 Å². The summed E-state index contributed by atoms with van der Waals surface area (Å²) in [5.74, 6) is -1.45. The molecule has 3 aromatic rings. The van der Waals surface area contributed by atoms with E-state index in [4.69, 9.17) is 11.6 Å². The molecule has 0 spiro atoms. The third kappa shape index (κ3) is 5.35. The SMILES string of the molecule is Cc1cc(/C=N\NC(=O)CN(c2ccccc2F)S(C)(=O)=O)c(C)n1-c1ccc(Cl)cc1. The fraction of sp³-hybridized carbons (Fsp3) is 0.182. The van der Waals surface area contributed by atoms with Crippen LogP contribution >= 0.6 is 11.6 Å². The molecular weight excluding hydrogens is 455 g/mol. The molecule has 7 nitrogen and oxygen atoms in total. The second-order valence-electron chi connectivity index (χ2n) is 7.15. The van der Waals surface area contributed by atoms with Crippen LogP contribution in [0.25, 0.3) is 5.69 Å². The maximum absolute atomic E-state index is 14.1. The molecule has 1 amide bonds. The van der Waals surface area contributed by atoms with Crippen LogP contribution in [0.2, 0.25) is 5.02 Å². The molecule has 1 N–H and O–H groups in total. The van der Waals surface area contributed by atoms with Gasteiger partial charge in [0.1, 0.15) is 12.4 Å². The zero-order valence-corrected chi connectivity index (χ0v) is 19.3. The van der Waals surface area contributed by atoms with Gasteiger partial charge in [0.15, 0.2) is 0 Å². The number of hydrazone groups is 1. The van der Waals surface area contributed by atoms with Crippen LogP contribution in [0, 0.1) is 19.7 Å². The number of amides is 1. The lowest BCUT2D eigenvalue weighted by Gasteiger charge is -2.21. The van der Waals surface area contributed by atoms with E-state index in [9.17, 15) is 17.6 Å². The molecule has 3 rings (SSSR count). The summed E-state index contributed by atoms with van der Waals surface area (Å²) in [6.07, 6.45) is 2.38. The second-order valence-corrected chi connectivity index (χ2v) is 9.50. The van der Waals surface area contributed by atoms with Gasteiger partial charge in [-0.2, -0.15) is 5.10 Å². The molecule has 0 fully saturated rings. The number of carbonyl (C=O) groups excluding carboxylic acids is 1. The Morgan fingerprint density at radius 1 is 1.19 bits per heavy atom. The molecule has 0 saturated heterocycles. The number of anilines is 1. The number of nitrogens with zero attached hydrogens (tertiary/aromatic N) is 3. The van der Waals surface area contributed by atoms with E-state index in [-0.39, 0.29) is 5.69 Å². The third-order valence-corrected chi connectivity index (χ3v) is 6.14. The maximum Gasteiger partial charge on any atom is 0.260 e. The number of benzene rings is 2. The van der Waals surface area contributed by atoms with Gasteiger partial charge in [0, 0.05) is 27.7 Å². The molecule has 32 heavy (non-hydrogen) atoms. The Hall–Kier alpha value is -3.17. The number of aromatic nitrogens is 1. The number of aryl methyl sites for hydroxylation is 1. The fourth-order valence-corrected chi connectivity index (χ4v) is 4.26. The Balaban J connectivity index is 1.74. The first kappa shape index (κ1) is 23.5. The van der Waals surface area contributed by atoms with Crippen LogP contribution in [0.15, 0.2) is 59.7 Å². The van der Waals surface area contributed by atoms with Crippen LogP contribution in [0.3, 0.4) is 0 Å². The van der Waals surface area contributed by atoms with Crippen LogP contribution in [0.4, 0.5) is 10.1 Å². The summed E-state index contributed by atoms with van der Waals surface area (Å²) < 4.78 is 40.9. The predicted octanol–water partition coefficient (Wildman–Crippen LogP) is 3.80. The Labute approximate surface area is 191 Å². The summed E-state index contributed by atoms with van der Waals surface area (Å²) in [4.78, 5) is 12.3. The zero-order valence-electron chi connectivity index (χ0n) is 17.7. The van der Waals surface area contributed by atoms with Gasteiger partial charge in [0.2, 0.25) is 10.0 Å². The quantitative estimate of drug-likeness (QED) is 0.416. The third-order valence-electron chi connectivity index (χ3n) is 4.76. The molecule has 0 bridgehead atoms. The molecule has 0 aliphatic carbocycles. The van der Waals surface area contributed by atoms with E-state index in [2.05, 4.69) is 10.5 Å². The molecule has 0 atom stereocenters.